The zero-order chi connectivity index (χ0) is 14.5. The van der Waals surface area contributed by atoms with Crippen LogP contribution in [0.5, 0.6) is 5.75 Å². The van der Waals surface area contributed by atoms with Gasteiger partial charge in [0, 0.05) is 5.56 Å². The van der Waals surface area contributed by atoms with Gasteiger partial charge in [0.05, 0.1) is 0 Å². The molecule has 0 aliphatic rings. The fraction of sp³-hybridized carbons (Fsp3) is 0.647. The van der Waals surface area contributed by atoms with Gasteiger partial charge in [-0.2, -0.15) is 4.89 Å². The highest BCUT2D eigenvalue weighted by Gasteiger charge is 2.22. The SMILES string of the molecule is CC(C)CCC(C)(C)OOc1ccccc1C(C)C. The van der Waals surface area contributed by atoms with Crippen molar-refractivity contribution in [1.29, 1.82) is 0 Å². The van der Waals surface area contributed by atoms with Crippen molar-refractivity contribution in [2.45, 2.75) is 65.9 Å². The molecule has 2 heteroatoms. The van der Waals surface area contributed by atoms with E-state index in [2.05, 4.69) is 47.6 Å². The molecule has 108 valence electrons. The minimum Gasteiger partial charge on any atom is -0.337 e. The largest absolute Gasteiger partial charge is 0.337 e. The minimum absolute atomic E-state index is 0.256. The van der Waals surface area contributed by atoms with E-state index in [0.717, 1.165) is 18.6 Å². The highest BCUT2D eigenvalue weighted by molar-refractivity contribution is 5.35. The summed E-state index contributed by atoms with van der Waals surface area (Å²) in [6.45, 7) is 12.9. The lowest BCUT2D eigenvalue weighted by molar-refractivity contribution is -0.283. The van der Waals surface area contributed by atoms with Crippen LogP contribution in [0.15, 0.2) is 24.3 Å². The molecular formula is C17H28O2. The van der Waals surface area contributed by atoms with Crippen LogP contribution in [-0.4, -0.2) is 5.60 Å². The second-order valence-electron chi connectivity index (χ2n) is 6.55. The quantitative estimate of drug-likeness (QED) is 0.489. The molecule has 0 unspecified atom stereocenters. The number of hydrogen-bond acceptors (Lipinski definition) is 2. The zero-order valence-corrected chi connectivity index (χ0v) is 13.2. The van der Waals surface area contributed by atoms with Gasteiger partial charge in [-0.05, 0) is 44.6 Å². The molecule has 0 radical (unpaired) electrons. The van der Waals surface area contributed by atoms with E-state index in [1.807, 2.05) is 18.2 Å². The van der Waals surface area contributed by atoms with Crippen LogP contribution < -0.4 is 4.89 Å². The first-order chi connectivity index (χ1) is 8.82. The van der Waals surface area contributed by atoms with Crippen LogP contribution in [0, 0.1) is 5.92 Å². The molecule has 1 aromatic carbocycles. The molecule has 0 saturated carbocycles. The lowest BCUT2D eigenvalue weighted by atomic mass is 9.97. The van der Waals surface area contributed by atoms with Crippen LogP contribution in [0.1, 0.15) is 65.9 Å². The van der Waals surface area contributed by atoms with Crippen molar-refractivity contribution >= 4 is 0 Å². The van der Waals surface area contributed by atoms with Crippen LogP contribution in [0.25, 0.3) is 0 Å². The summed E-state index contributed by atoms with van der Waals surface area (Å²) in [6, 6.07) is 8.07. The van der Waals surface area contributed by atoms with Gasteiger partial charge in [-0.3, -0.25) is 0 Å². The molecule has 0 aliphatic carbocycles. The smallest absolute Gasteiger partial charge is 0.168 e. The summed E-state index contributed by atoms with van der Waals surface area (Å²) < 4.78 is 0. The van der Waals surface area contributed by atoms with E-state index < -0.39 is 0 Å². The summed E-state index contributed by atoms with van der Waals surface area (Å²) in [5.74, 6) is 1.94. The van der Waals surface area contributed by atoms with Crippen molar-refractivity contribution < 1.29 is 9.78 Å². The van der Waals surface area contributed by atoms with Crippen molar-refractivity contribution in [3.8, 4) is 5.75 Å². The Hall–Kier alpha value is -1.02. The third-order valence-corrected chi connectivity index (χ3v) is 3.22. The summed E-state index contributed by atoms with van der Waals surface area (Å²) in [6.07, 6.45) is 2.14. The van der Waals surface area contributed by atoms with Gasteiger partial charge >= 0.3 is 0 Å². The van der Waals surface area contributed by atoms with Gasteiger partial charge in [0.25, 0.3) is 0 Å². The predicted octanol–water partition coefficient (Wildman–Crippen LogP) is 5.34. The van der Waals surface area contributed by atoms with Crippen molar-refractivity contribution in [2.75, 3.05) is 0 Å². The fourth-order valence-electron chi connectivity index (χ4n) is 1.87. The molecule has 0 aromatic heterocycles. The lowest BCUT2D eigenvalue weighted by Gasteiger charge is -2.25. The van der Waals surface area contributed by atoms with Gasteiger partial charge in [0.15, 0.2) is 5.75 Å². The second kappa shape index (κ2) is 6.95. The maximum atomic E-state index is 5.66. The number of hydrogen-bond donors (Lipinski definition) is 0. The Morgan fingerprint density at radius 3 is 2.26 bits per heavy atom. The highest BCUT2D eigenvalue weighted by Crippen LogP contribution is 2.28. The summed E-state index contributed by atoms with van der Waals surface area (Å²) in [7, 11) is 0. The summed E-state index contributed by atoms with van der Waals surface area (Å²) in [5, 5.41) is 0. The standard InChI is InChI=1S/C17H28O2/c1-13(2)11-12-17(5,6)19-18-16-10-8-7-9-15(16)14(3)4/h7-10,13-14H,11-12H2,1-6H3. The summed E-state index contributed by atoms with van der Waals surface area (Å²) in [5.41, 5.74) is 0.927. The summed E-state index contributed by atoms with van der Waals surface area (Å²) in [4.78, 5) is 11.3. The molecule has 0 fully saturated rings. The van der Waals surface area contributed by atoms with E-state index in [1.165, 1.54) is 5.56 Å². The Morgan fingerprint density at radius 2 is 1.68 bits per heavy atom. The Kier molecular flexibility index (Phi) is 5.86. The van der Waals surface area contributed by atoms with E-state index in [9.17, 15) is 0 Å². The Balaban J connectivity index is 2.61. The topological polar surface area (TPSA) is 18.5 Å². The van der Waals surface area contributed by atoms with E-state index >= 15 is 0 Å². The van der Waals surface area contributed by atoms with Gasteiger partial charge in [-0.1, -0.05) is 45.9 Å². The molecule has 1 rings (SSSR count). The maximum Gasteiger partial charge on any atom is 0.168 e. The summed E-state index contributed by atoms with van der Waals surface area (Å²) >= 11 is 0. The number of benzene rings is 1. The molecule has 0 saturated heterocycles. The van der Waals surface area contributed by atoms with E-state index in [1.54, 1.807) is 0 Å². The highest BCUT2D eigenvalue weighted by atomic mass is 17.2. The molecule has 0 bridgehead atoms. The van der Waals surface area contributed by atoms with Crippen LogP contribution in [0.3, 0.4) is 0 Å². The second-order valence-corrected chi connectivity index (χ2v) is 6.55. The van der Waals surface area contributed by atoms with Gasteiger partial charge < -0.3 is 4.89 Å². The van der Waals surface area contributed by atoms with E-state index in [-0.39, 0.29) is 5.60 Å². The van der Waals surface area contributed by atoms with E-state index in [0.29, 0.717) is 11.8 Å². The molecule has 0 heterocycles. The zero-order valence-electron chi connectivity index (χ0n) is 13.2. The normalized spacial score (nSPS) is 12.2. The van der Waals surface area contributed by atoms with Crippen molar-refractivity contribution in [1.82, 2.24) is 0 Å². The third kappa shape index (κ3) is 5.65. The Labute approximate surface area is 118 Å². The monoisotopic (exact) mass is 264 g/mol. The van der Waals surface area contributed by atoms with Gasteiger partial charge in [-0.25, -0.2) is 0 Å². The predicted molar refractivity (Wildman–Crippen MR) is 80.4 cm³/mol. The molecule has 0 amide bonds. The van der Waals surface area contributed by atoms with Crippen molar-refractivity contribution in [3.05, 3.63) is 29.8 Å². The molecule has 1 aromatic rings. The first-order valence-corrected chi connectivity index (χ1v) is 7.26. The molecule has 0 N–H and O–H groups in total. The number of rotatable bonds is 7. The molecule has 0 aliphatic heterocycles. The Bertz CT molecular complexity index is 381. The number of para-hydroxylation sites is 1. The fourth-order valence-corrected chi connectivity index (χ4v) is 1.87. The lowest BCUT2D eigenvalue weighted by Crippen LogP contribution is -2.27. The van der Waals surface area contributed by atoms with Crippen molar-refractivity contribution in [2.24, 2.45) is 5.92 Å². The molecule has 19 heavy (non-hydrogen) atoms. The molecule has 0 spiro atoms. The van der Waals surface area contributed by atoms with Gasteiger partial charge in [0.2, 0.25) is 0 Å². The molecule has 2 nitrogen and oxygen atoms in total. The minimum atomic E-state index is -0.256. The molecular weight excluding hydrogens is 236 g/mol. The van der Waals surface area contributed by atoms with E-state index in [4.69, 9.17) is 9.78 Å². The van der Waals surface area contributed by atoms with Crippen LogP contribution in [0.2, 0.25) is 0 Å². The van der Waals surface area contributed by atoms with Crippen molar-refractivity contribution in [3.63, 3.8) is 0 Å². The first kappa shape index (κ1) is 16.0. The Morgan fingerprint density at radius 1 is 1.05 bits per heavy atom. The third-order valence-electron chi connectivity index (χ3n) is 3.22. The van der Waals surface area contributed by atoms with Crippen LogP contribution in [-0.2, 0) is 4.89 Å². The average molecular weight is 264 g/mol. The van der Waals surface area contributed by atoms with Crippen LogP contribution >= 0.6 is 0 Å². The maximum absolute atomic E-state index is 5.66. The van der Waals surface area contributed by atoms with Gasteiger partial charge in [-0.15, -0.1) is 0 Å². The van der Waals surface area contributed by atoms with Crippen LogP contribution in [0.4, 0.5) is 0 Å². The first-order valence-electron chi connectivity index (χ1n) is 7.26. The molecule has 0 atom stereocenters. The van der Waals surface area contributed by atoms with Gasteiger partial charge in [0.1, 0.15) is 5.60 Å². The average Bonchev–Trinajstić information content (AvgIpc) is 2.34.